The molecule has 0 spiro atoms. The van der Waals surface area contributed by atoms with Crippen LogP contribution in [-0.4, -0.2) is 8.10 Å². The molecule has 0 heterocycles. The van der Waals surface area contributed by atoms with Gasteiger partial charge in [0.05, 0.1) is 0 Å². The molecule has 0 unspecified atom stereocenters. The van der Waals surface area contributed by atoms with Crippen molar-refractivity contribution in [1.82, 2.24) is 0 Å². The summed E-state index contributed by atoms with van der Waals surface area (Å²) in [7, 11) is 0. The summed E-state index contributed by atoms with van der Waals surface area (Å²) < 4.78 is -0.241. The highest BCUT2D eigenvalue weighted by Gasteiger charge is 2.09. The van der Waals surface area contributed by atoms with Crippen LogP contribution in [0.15, 0.2) is 0 Å². The van der Waals surface area contributed by atoms with Gasteiger partial charge in [-0.05, 0) is 45.2 Å². The summed E-state index contributed by atoms with van der Waals surface area (Å²) in [5, 5.41) is 0. The van der Waals surface area contributed by atoms with Crippen molar-refractivity contribution < 1.29 is 0 Å². The number of alkyl halides is 2. The fraction of sp³-hybridized carbons (Fsp3) is 1.00. The maximum atomic E-state index is 5.38. The highest BCUT2D eigenvalue weighted by atomic mass is 127. The van der Waals surface area contributed by atoms with Crippen molar-refractivity contribution in [2.45, 2.75) is 1.55 Å². The van der Waals surface area contributed by atoms with E-state index in [0.29, 0.717) is 6.54 Å². The van der Waals surface area contributed by atoms with Crippen molar-refractivity contribution in [1.29, 1.82) is 0 Å². The Kier molecular flexibility index (Phi) is 3.23. The first kappa shape index (κ1) is 7.38. The maximum Gasteiger partial charge on any atom is 0.132 e. The predicted molar refractivity (Wildman–Crippen MR) is 44.0 cm³/mol. The maximum absolute atomic E-state index is 5.38. The second kappa shape index (κ2) is 2.63. The summed E-state index contributed by atoms with van der Waals surface area (Å²) >= 11 is 4.16. The van der Waals surface area contributed by atoms with Crippen molar-refractivity contribution in [3.63, 3.8) is 0 Å². The predicted octanol–water partition coefficient (Wildman–Crippen LogP) is 0.428. The van der Waals surface area contributed by atoms with Crippen molar-refractivity contribution in [3.8, 4) is 0 Å². The third kappa shape index (κ3) is 5.38. The minimum Gasteiger partial charge on any atom is -0.327 e. The van der Waals surface area contributed by atoms with Crippen LogP contribution >= 0.6 is 45.2 Å². The molecule has 0 aliphatic rings. The average molecular weight is 312 g/mol. The summed E-state index contributed by atoms with van der Waals surface area (Å²) in [5.74, 6) is 0. The molecule has 0 amide bonds. The zero-order chi connectivity index (χ0) is 5.21. The van der Waals surface area contributed by atoms with Crippen LogP contribution in [0, 0.1) is 0 Å². The lowest BCUT2D eigenvalue weighted by atomic mass is 10.7. The van der Waals surface area contributed by atoms with Crippen LogP contribution in [0.3, 0.4) is 0 Å². The Balaban J connectivity index is 3.17. The molecule has 0 bridgehead atoms. The molecule has 0 radical (unpaired) electrons. The van der Waals surface area contributed by atoms with Gasteiger partial charge in [0.15, 0.2) is 0 Å². The van der Waals surface area contributed by atoms with E-state index in [2.05, 4.69) is 45.2 Å². The van der Waals surface area contributed by atoms with Gasteiger partial charge < -0.3 is 11.5 Å². The molecule has 0 aliphatic heterocycles. The van der Waals surface area contributed by atoms with Crippen LogP contribution in [0.1, 0.15) is 0 Å². The largest absolute Gasteiger partial charge is 0.327 e. The Morgan fingerprint density at radius 1 is 1.50 bits per heavy atom. The number of nitrogens with two attached hydrogens (primary N) is 2. The average Bonchev–Trinajstić information content (AvgIpc) is 1.35. The molecule has 0 fully saturated rings. The summed E-state index contributed by atoms with van der Waals surface area (Å²) in [6.45, 7) is 0.522. The van der Waals surface area contributed by atoms with E-state index in [1.807, 2.05) is 0 Å². The molecule has 0 aromatic heterocycles. The minimum absolute atomic E-state index is 0.241. The second-order valence-corrected chi connectivity index (χ2v) is 6.88. The minimum atomic E-state index is -0.241. The number of halogens is 2. The molecule has 0 aromatic carbocycles. The van der Waals surface area contributed by atoms with Gasteiger partial charge in [-0.25, -0.2) is 0 Å². The Morgan fingerprint density at radius 3 is 1.67 bits per heavy atom. The summed E-state index contributed by atoms with van der Waals surface area (Å²) in [6.07, 6.45) is 0. The van der Waals surface area contributed by atoms with E-state index in [-0.39, 0.29) is 1.55 Å². The molecule has 0 saturated heterocycles. The molecule has 2 nitrogen and oxygen atoms in total. The lowest BCUT2D eigenvalue weighted by Crippen LogP contribution is -2.33. The summed E-state index contributed by atoms with van der Waals surface area (Å²) in [5.41, 5.74) is 10.5. The number of hydrogen-bond donors (Lipinski definition) is 2. The molecule has 6 heavy (non-hydrogen) atoms. The summed E-state index contributed by atoms with van der Waals surface area (Å²) in [6, 6.07) is 0. The quantitative estimate of drug-likeness (QED) is 0.419. The first-order chi connectivity index (χ1) is 2.56. The van der Waals surface area contributed by atoms with Crippen molar-refractivity contribution in [2.24, 2.45) is 11.5 Å². The van der Waals surface area contributed by atoms with Gasteiger partial charge in [-0.15, -0.1) is 0 Å². The second-order valence-electron chi connectivity index (χ2n) is 0.965. The van der Waals surface area contributed by atoms with Gasteiger partial charge in [0.2, 0.25) is 0 Å². The van der Waals surface area contributed by atoms with E-state index in [9.17, 15) is 0 Å². The molecule has 0 aliphatic carbocycles. The first-order valence-electron chi connectivity index (χ1n) is 1.43. The normalized spacial score (nSPS) is 12.0. The van der Waals surface area contributed by atoms with Gasteiger partial charge >= 0.3 is 0 Å². The standard InChI is InChI=1S/C2H6I2N2/c3-2(4,6)1-5/h1,5-6H2. The van der Waals surface area contributed by atoms with Gasteiger partial charge in [-0.2, -0.15) is 0 Å². The monoisotopic (exact) mass is 312 g/mol. The van der Waals surface area contributed by atoms with E-state index in [1.54, 1.807) is 0 Å². The zero-order valence-electron chi connectivity index (χ0n) is 3.12. The van der Waals surface area contributed by atoms with Crippen LogP contribution in [0.25, 0.3) is 0 Å². The van der Waals surface area contributed by atoms with E-state index in [0.717, 1.165) is 0 Å². The Bertz CT molecular complexity index is 39.3. The third-order valence-electron chi connectivity index (χ3n) is 0.272. The lowest BCUT2D eigenvalue weighted by Gasteiger charge is -2.07. The van der Waals surface area contributed by atoms with Crippen LogP contribution < -0.4 is 11.5 Å². The van der Waals surface area contributed by atoms with Crippen LogP contribution in [0.2, 0.25) is 0 Å². The Hall–Kier alpha value is 1.38. The molecular weight excluding hydrogens is 306 g/mol. The van der Waals surface area contributed by atoms with Crippen LogP contribution in [0.4, 0.5) is 0 Å². The van der Waals surface area contributed by atoms with E-state index in [4.69, 9.17) is 11.5 Å². The Morgan fingerprint density at radius 2 is 1.67 bits per heavy atom. The van der Waals surface area contributed by atoms with Gasteiger partial charge in [-0.3, -0.25) is 0 Å². The molecular formula is C2H6I2N2. The highest BCUT2D eigenvalue weighted by molar-refractivity contribution is 14.2. The smallest absolute Gasteiger partial charge is 0.132 e. The fourth-order valence-corrected chi connectivity index (χ4v) is 0. The number of rotatable bonds is 1. The van der Waals surface area contributed by atoms with Gasteiger partial charge in [0.25, 0.3) is 0 Å². The van der Waals surface area contributed by atoms with Gasteiger partial charge in [0, 0.05) is 6.54 Å². The molecule has 0 rings (SSSR count). The third-order valence-corrected chi connectivity index (χ3v) is 1.15. The molecule has 0 aromatic rings. The topological polar surface area (TPSA) is 52.0 Å². The highest BCUT2D eigenvalue weighted by Crippen LogP contribution is 2.16. The molecule has 0 saturated carbocycles. The van der Waals surface area contributed by atoms with E-state index < -0.39 is 0 Å². The van der Waals surface area contributed by atoms with Crippen LogP contribution in [-0.2, 0) is 0 Å². The van der Waals surface area contributed by atoms with E-state index in [1.165, 1.54) is 0 Å². The van der Waals surface area contributed by atoms with Gasteiger partial charge in [0.1, 0.15) is 1.55 Å². The lowest BCUT2D eigenvalue weighted by molar-refractivity contribution is 0.919. The molecule has 4 N–H and O–H groups in total. The number of hydrogen-bond acceptors (Lipinski definition) is 2. The van der Waals surface area contributed by atoms with Gasteiger partial charge in [-0.1, -0.05) is 0 Å². The van der Waals surface area contributed by atoms with E-state index >= 15 is 0 Å². The van der Waals surface area contributed by atoms with Crippen LogP contribution in [0.5, 0.6) is 0 Å². The first-order valence-corrected chi connectivity index (χ1v) is 3.59. The zero-order valence-corrected chi connectivity index (χ0v) is 7.43. The fourth-order valence-electron chi connectivity index (χ4n) is 0. The summed E-state index contributed by atoms with van der Waals surface area (Å²) in [4.78, 5) is 0. The molecule has 0 atom stereocenters. The van der Waals surface area contributed by atoms with Crippen molar-refractivity contribution in [2.75, 3.05) is 6.54 Å². The van der Waals surface area contributed by atoms with Crippen molar-refractivity contribution in [3.05, 3.63) is 0 Å². The molecule has 4 heteroatoms. The SMILES string of the molecule is NCC(N)(I)I. The molecule has 38 valence electrons. The van der Waals surface area contributed by atoms with Crippen molar-refractivity contribution >= 4 is 45.2 Å². The Labute approximate surface area is 64.3 Å².